The van der Waals surface area contributed by atoms with E-state index in [2.05, 4.69) is 36.1 Å². The Morgan fingerprint density at radius 3 is 2.47 bits per heavy atom. The van der Waals surface area contributed by atoms with Crippen molar-refractivity contribution in [1.82, 2.24) is 9.97 Å². The molecule has 0 aromatic carbocycles. The van der Waals surface area contributed by atoms with Gasteiger partial charge in [0.15, 0.2) is 0 Å². The molecule has 0 fully saturated rings. The molecule has 2 aromatic rings. The van der Waals surface area contributed by atoms with Crippen LogP contribution in [0.1, 0.15) is 37.0 Å². The van der Waals surface area contributed by atoms with Gasteiger partial charge in [0.25, 0.3) is 0 Å². The minimum atomic E-state index is -0.388. The molecule has 1 atom stereocenters. The van der Waals surface area contributed by atoms with Gasteiger partial charge in [0.2, 0.25) is 0 Å². The number of hydrogen-bond donors (Lipinski definition) is 1. The van der Waals surface area contributed by atoms with Gasteiger partial charge in [-0.3, -0.25) is 4.98 Å². The number of hydrogen-bond acceptors (Lipinski definition) is 4. The zero-order valence-electron chi connectivity index (χ0n) is 11.6. The Morgan fingerprint density at radius 2 is 1.89 bits per heavy atom. The van der Waals surface area contributed by atoms with Gasteiger partial charge >= 0.3 is 0 Å². The van der Waals surface area contributed by atoms with Crippen molar-refractivity contribution in [3.63, 3.8) is 0 Å². The van der Waals surface area contributed by atoms with Gasteiger partial charge in [0, 0.05) is 29.6 Å². The summed E-state index contributed by atoms with van der Waals surface area (Å²) in [5.74, 6) is 0. The topological polar surface area (TPSA) is 46.0 Å². The average molecular weight is 276 g/mol. The molecule has 0 radical (unpaired) electrons. The summed E-state index contributed by atoms with van der Waals surface area (Å²) in [7, 11) is 0. The Balaban J connectivity index is 1.96. The minimum Gasteiger partial charge on any atom is -0.392 e. The van der Waals surface area contributed by atoms with E-state index in [-0.39, 0.29) is 11.5 Å². The van der Waals surface area contributed by atoms with Gasteiger partial charge in [-0.2, -0.15) is 0 Å². The Bertz CT molecular complexity index is 516. The molecular weight excluding hydrogens is 256 g/mol. The van der Waals surface area contributed by atoms with Crippen LogP contribution in [0.15, 0.2) is 29.9 Å². The molecule has 4 heteroatoms. The molecule has 2 heterocycles. The Morgan fingerprint density at radius 1 is 1.21 bits per heavy atom. The molecule has 1 N–H and O–H groups in total. The lowest BCUT2D eigenvalue weighted by molar-refractivity contribution is 0.175. The van der Waals surface area contributed by atoms with E-state index in [0.29, 0.717) is 12.8 Å². The first kappa shape index (κ1) is 14.2. The molecule has 0 aliphatic rings. The highest BCUT2D eigenvalue weighted by molar-refractivity contribution is 7.09. The van der Waals surface area contributed by atoms with Crippen molar-refractivity contribution in [2.75, 3.05) is 0 Å². The normalized spacial score (nSPS) is 13.5. The Labute approximate surface area is 118 Å². The molecule has 0 saturated carbocycles. The van der Waals surface area contributed by atoms with Crippen LogP contribution in [-0.4, -0.2) is 21.2 Å². The first-order valence-corrected chi connectivity index (χ1v) is 7.35. The molecule has 2 rings (SSSR count). The summed E-state index contributed by atoms with van der Waals surface area (Å²) in [6, 6.07) is 3.87. The van der Waals surface area contributed by atoms with Gasteiger partial charge in [-0.25, -0.2) is 4.98 Å². The summed E-state index contributed by atoms with van der Waals surface area (Å²) in [5, 5.41) is 13.2. The maximum atomic E-state index is 10.1. The SMILES string of the molecule is CC(C)(C)c1csc(CC(O)Cc2ccncc2)n1. The van der Waals surface area contributed by atoms with Crippen LogP contribution in [0.4, 0.5) is 0 Å². The largest absolute Gasteiger partial charge is 0.392 e. The summed E-state index contributed by atoms with van der Waals surface area (Å²) in [6.45, 7) is 6.46. The second-order valence-corrected chi connectivity index (χ2v) is 6.74. The predicted octanol–water partition coefficient (Wildman–Crippen LogP) is 2.98. The Kier molecular flexibility index (Phi) is 4.32. The lowest BCUT2D eigenvalue weighted by atomic mass is 9.93. The first-order chi connectivity index (χ1) is 8.95. The average Bonchev–Trinajstić information content (AvgIpc) is 2.78. The summed E-state index contributed by atoms with van der Waals surface area (Å²) < 4.78 is 0. The van der Waals surface area contributed by atoms with Crippen LogP contribution in [0.2, 0.25) is 0 Å². The van der Waals surface area contributed by atoms with Crippen molar-refractivity contribution >= 4 is 11.3 Å². The van der Waals surface area contributed by atoms with Crippen LogP contribution < -0.4 is 0 Å². The molecule has 0 amide bonds. The molecule has 19 heavy (non-hydrogen) atoms. The third kappa shape index (κ3) is 4.11. The maximum absolute atomic E-state index is 10.1. The van der Waals surface area contributed by atoms with Crippen LogP contribution in [0.25, 0.3) is 0 Å². The van der Waals surface area contributed by atoms with E-state index in [4.69, 9.17) is 0 Å². The zero-order chi connectivity index (χ0) is 13.9. The third-order valence-electron chi connectivity index (χ3n) is 2.95. The monoisotopic (exact) mass is 276 g/mol. The maximum Gasteiger partial charge on any atom is 0.0954 e. The van der Waals surface area contributed by atoms with Crippen molar-refractivity contribution in [3.8, 4) is 0 Å². The number of aliphatic hydroxyl groups excluding tert-OH is 1. The highest BCUT2D eigenvalue weighted by atomic mass is 32.1. The van der Waals surface area contributed by atoms with Gasteiger partial charge in [-0.15, -0.1) is 11.3 Å². The van der Waals surface area contributed by atoms with E-state index >= 15 is 0 Å². The molecule has 102 valence electrons. The second kappa shape index (κ2) is 5.80. The quantitative estimate of drug-likeness (QED) is 0.934. The standard InChI is InChI=1S/C15H20N2OS/c1-15(2,3)13-10-19-14(17-13)9-12(18)8-11-4-6-16-7-5-11/h4-7,10,12,18H,8-9H2,1-3H3. The second-order valence-electron chi connectivity index (χ2n) is 5.79. The van der Waals surface area contributed by atoms with Gasteiger partial charge < -0.3 is 5.11 Å². The number of rotatable bonds is 4. The molecule has 0 aliphatic carbocycles. The summed E-state index contributed by atoms with van der Waals surface area (Å²) in [6.07, 6.45) is 4.38. The van der Waals surface area contributed by atoms with Crippen LogP contribution in [-0.2, 0) is 18.3 Å². The third-order valence-corrected chi connectivity index (χ3v) is 3.82. The summed E-state index contributed by atoms with van der Waals surface area (Å²) in [4.78, 5) is 8.58. The van der Waals surface area contributed by atoms with Crippen molar-refractivity contribution in [2.24, 2.45) is 0 Å². The minimum absolute atomic E-state index is 0.0742. The van der Waals surface area contributed by atoms with E-state index in [1.807, 2.05) is 12.1 Å². The molecule has 0 spiro atoms. The summed E-state index contributed by atoms with van der Waals surface area (Å²) in [5.41, 5.74) is 2.28. The van der Waals surface area contributed by atoms with Crippen LogP contribution in [0, 0.1) is 0 Å². The molecule has 2 aromatic heterocycles. The lowest BCUT2D eigenvalue weighted by Crippen LogP contribution is -2.15. The fraction of sp³-hybridized carbons (Fsp3) is 0.467. The van der Waals surface area contributed by atoms with E-state index < -0.39 is 0 Å². The van der Waals surface area contributed by atoms with Gasteiger partial charge in [0.1, 0.15) is 0 Å². The van der Waals surface area contributed by atoms with Crippen molar-refractivity contribution in [2.45, 2.75) is 45.1 Å². The molecule has 0 bridgehead atoms. The molecule has 0 aliphatic heterocycles. The predicted molar refractivity (Wildman–Crippen MR) is 78.5 cm³/mol. The number of aromatic nitrogens is 2. The summed E-state index contributed by atoms with van der Waals surface area (Å²) >= 11 is 1.63. The fourth-order valence-corrected chi connectivity index (χ4v) is 2.91. The van der Waals surface area contributed by atoms with Gasteiger partial charge in [0.05, 0.1) is 16.8 Å². The van der Waals surface area contributed by atoms with Crippen LogP contribution in [0.3, 0.4) is 0 Å². The molecule has 0 saturated heterocycles. The number of aliphatic hydroxyl groups is 1. The number of pyridine rings is 1. The van der Waals surface area contributed by atoms with Crippen molar-refractivity contribution in [3.05, 3.63) is 46.2 Å². The van der Waals surface area contributed by atoms with Gasteiger partial charge in [-0.1, -0.05) is 20.8 Å². The van der Waals surface area contributed by atoms with E-state index in [1.165, 1.54) is 0 Å². The van der Waals surface area contributed by atoms with E-state index in [0.717, 1.165) is 16.3 Å². The van der Waals surface area contributed by atoms with Crippen molar-refractivity contribution < 1.29 is 5.11 Å². The number of nitrogens with zero attached hydrogens (tertiary/aromatic N) is 2. The van der Waals surface area contributed by atoms with Crippen molar-refractivity contribution in [1.29, 1.82) is 0 Å². The van der Waals surface area contributed by atoms with Gasteiger partial charge in [-0.05, 0) is 24.1 Å². The highest BCUT2D eigenvalue weighted by Gasteiger charge is 2.18. The lowest BCUT2D eigenvalue weighted by Gasteiger charge is -2.14. The molecule has 3 nitrogen and oxygen atoms in total. The Hall–Kier alpha value is -1.26. The molecule has 1 unspecified atom stereocenters. The smallest absolute Gasteiger partial charge is 0.0954 e. The van der Waals surface area contributed by atoms with E-state index in [9.17, 15) is 5.11 Å². The van der Waals surface area contributed by atoms with Crippen LogP contribution >= 0.6 is 11.3 Å². The molecular formula is C15H20N2OS. The fourth-order valence-electron chi connectivity index (χ4n) is 1.81. The van der Waals surface area contributed by atoms with Crippen LogP contribution in [0.5, 0.6) is 0 Å². The zero-order valence-corrected chi connectivity index (χ0v) is 12.4. The first-order valence-electron chi connectivity index (χ1n) is 6.47. The highest BCUT2D eigenvalue weighted by Crippen LogP contribution is 2.24. The number of thiazole rings is 1. The van der Waals surface area contributed by atoms with E-state index in [1.54, 1.807) is 23.7 Å².